The molecule has 3 N–H and O–H groups in total. The van der Waals surface area contributed by atoms with Gasteiger partial charge in [-0.15, -0.1) is 0 Å². The molecule has 0 aliphatic carbocycles. The van der Waals surface area contributed by atoms with Crippen molar-refractivity contribution in [3.63, 3.8) is 0 Å². The van der Waals surface area contributed by atoms with Crippen LogP contribution in [0.2, 0.25) is 0 Å². The molecule has 2 aromatic rings. The van der Waals surface area contributed by atoms with Gasteiger partial charge in [0.25, 0.3) is 0 Å². The van der Waals surface area contributed by atoms with E-state index >= 15 is 0 Å². The normalized spacial score (nSPS) is 12.2. The maximum Gasteiger partial charge on any atom is 0.416 e. The molecular formula is C20H25F3N4O3. The number of alkyl halides is 3. The van der Waals surface area contributed by atoms with Gasteiger partial charge < -0.3 is 25.4 Å². The van der Waals surface area contributed by atoms with Crippen LogP contribution in [0.25, 0.3) is 0 Å². The quantitative estimate of drug-likeness (QED) is 0.571. The number of aliphatic hydroxyl groups is 1. The molecule has 0 radical (unpaired) electrons. The first kappa shape index (κ1) is 23.3. The predicted octanol–water partition coefficient (Wildman–Crippen LogP) is 3.51. The molecule has 0 saturated heterocycles. The van der Waals surface area contributed by atoms with Gasteiger partial charge in [-0.1, -0.05) is 6.07 Å². The Bertz CT molecular complexity index is 812. The van der Waals surface area contributed by atoms with Crippen molar-refractivity contribution in [2.45, 2.75) is 26.1 Å². The highest BCUT2D eigenvalue weighted by atomic mass is 19.4. The lowest BCUT2D eigenvalue weighted by atomic mass is 10.2. The fourth-order valence-corrected chi connectivity index (χ4v) is 2.59. The van der Waals surface area contributed by atoms with Gasteiger partial charge in [-0.3, -0.25) is 0 Å². The zero-order valence-corrected chi connectivity index (χ0v) is 16.7. The van der Waals surface area contributed by atoms with Crippen molar-refractivity contribution in [1.29, 1.82) is 0 Å². The van der Waals surface area contributed by atoms with E-state index in [0.717, 1.165) is 31.0 Å². The van der Waals surface area contributed by atoms with Crippen molar-refractivity contribution >= 4 is 17.5 Å². The third-order valence-corrected chi connectivity index (χ3v) is 4.20. The van der Waals surface area contributed by atoms with Gasteiger partial charge >= 0.3 is 12.2 Å². The highest BCUT2D eigenvalue weighted by Crippen LogP contribution is 2.31. The number of aromatic nitrogens is 1. The van der Waals surface area contributed by atoms with Gasteiger partial charge in [0.05, 0.1) is 17.4 Å². The molecule has 1 heterocycles. The summed E-state index contributed by atoms with van der Waals surface area (Å²) in [6.07, 6.45) is -4.05. The first-order valence-electron chi connectivity index (χ1n) is 9.46. The fraction of sp³-hybridized carbons (Fsp3) is 0.400. The number of urea groups is 1. The van der Waals surface area contributed by atoms with E-state index in [1.54, 1.807) is 12.1 Å². The molecule has 30 heavy (non-hydrogen) atoms. The molecule has 0 aliphatic heterocycles. The van der Waals surface area contributed by atoms with Crippen molar-refractivity contribution in [3.8, 4) is 5.75 Å². The third-order valence-electron chi connectivity index (χ3n) is 4.20. The van der Waals surface area contributed by atoms with Crippen molar-refractivity contribution in [1.82, 2.24) is 10.3 Å². The molecule has 164 valence electrons. The van der Waals surface area contributed by atoms with E-state index in [2.05, 4.69) is 20.5 Å². The van der Waals surface area contributed by atoms with Crippen LogP contribution in [0.15, 0.2) is 42.6 Å². The lowest BCUT2D eigenvalue weighted by Gasteiger charge is -2.19. The predicted molar refractivity (Wildman–Crippen MR) is 108 cm³/mol. The van der Waals surface area contributed by atoms with Crippen LogP contribution in [0.3, 0.4) is 0 Å². The molecule has 0 aliphatic rings. The molecule has 0 spiro atoms. The second-order valence-electron chi connectivity index (χ2n) is 6.40. The number of amides is 2. The molecule has 0 fully saturated rings. The van der Waals surface area contributed by atoms with Crippen molar-refractivity contribution in [2.75, 3.05) is 36.5 Å². The number of halogens is 3. The van der Waals surface area contributed by atoms with E-state index in [9.17, 15) is 23.1 Å². The Hall–Kier alpha value is -3.01. The molecule has 7 nitrogen and oxygen atoms in total. The lowest BCUT2D eigenvalue weighted by molar-refractivity contribution is -0.137. The number of anilines is 2. The number of carbonyl (C=O) groups is 1. The number of nitrogens with one attached hydrogen (secondary N) is 2. The van der Waals surface area contributed by atoms with Crippen LogP contribution < -0.4 is 20.3 Å². The molecule has 2 amide bonds. The van der Waals surface area contributed by atoms with E-state index in [-0.39, 0.29) is 18.9 Å². The smallest absolute Gasteiger partial charge is 0.416 e. The number of aliphatic hydroxyl groups excluding tert-OH is 1. The molecule has 1 aromatic carbocycles. The Morgan fingerprint density at radius 2 is 1.97 bits per heavy atom. The first-order chi connectivity index (χ1) is 14.2. The van der Waals surface area contributed by atoms with Crippen LogP contribution in [-0.4, -0.2) is 48.5 Å². The van der Waals surface area contributed by atoms with Gasteiger partial charge in [0.15, 0.2) is 0 Å². The molecule has 1 atom stereocenters. The summed E-state index contributed by atoms with van der Waals surface area (Å²) in [6, 6.07) is 7.31. The van der Waals surface area contributed by atoms with Crippen LogP contribution in [0.5, 0.6) is 5.75 Å². The van der Waals surface area contributed by atoms with Gasteiger partial charge in [-0.2, -0.15) is 13.2 Å². The first-order valence-corrected chi connectivity index (χ1v) is 9.46. The summed E-state index contributed by atoms with van der Waals surface area (Å²) in [6.45, 7) is 5.26. The summed E-state index contributed by atoms with van der Waals surface area (Å²) in [5.41, 5.74) is -0.356. The average Bonchev–Trinajstić information content (AvgIpc) is 2.72. The third kappa shape index (κ3) is 7.11. The molecular weight excluding hydrogens is 401 g/mol. The second-order valence-corrected chi connectivity index (χ2v) is 6.40. The van der Waals surface area contributed by atoms with Crippen molar-refractivity contribution < 1.29 is 27.8 Å². The van der Waals surface area contributed by atoms with E-state index in [1.807, 2.05) is 13.8 Å². The van der Waals surface area contributed by atoms with Crippen LogP contribution in [0.4, 0.5) is 29.5 Å². The summed E-state index contributed by atoms with van der Waals surface area (Å²) in [5, 5.41) is 15.0. The topological polar surface area (TPSA) is 86.7 Å². The monoisotopic (exact) mass is 426 g/mol. The summed E-state index contributed by atoms with van der Waals surface area (Å²) in [7, 11) is 0. The van der Waals surface area contributed by atoms with Gasteiger partial charge in [-0.25, -0.2) is 9.78 Å². The van der Waals surface area contributed by atoms with Gasteiger partial charge in [-0.05, 0) is 44.2 Å². The van der Waals surface area contributed by atoms with E-state index in [1.165, 1.54) is 18.3 Å². The molecule has 10 heteroatoms. The van der Waals surface area contributed by atoms with Crippen LogP contribution >= 0.6 is 0 Å². The zero-order valence-electron chi connectivity index (χ0n) is 16.7. The Balaban J connectivity index is 1.77. The Kier molecular flexibility index (Phi) is 8.28. The van der Waals surface area contributed by atoms with Crippen LogP contribution in [0.1, 0.15) is 19.4 Å². The van der Waals surface area contributed by atoms with E-state index < -0.39 is 23.9 Å². The number of hydrogen-bond donors (Lipinski definition) is 3. The Morgan fingerprint density at radius 3 is 2.57 bits per heavy atom. The Morgan fingerprint density at radius 1 is 1.23 bits per heavy atom. The second kappa shape index (κ2) is 10.7. The maximum atomic E-state index is 12.7. The number of pyridine rings is 1. The maximum absolute atomic E-state index is 12.7. The minimum atomic E-state index is -4.48. The average molecular weight is 426 g/mol. The van der Waals surface area contributed by atoms with Gasteiger partial charge in [0, 0.05) is 19.6 Å². The fourth-order valence-electron chi connectivity index (χ4n) is 2.59. The summed E-state index contributed by atoms with van der Waals surface area (Å²) in [5.74, 6) is 0.779. The van der Waals surface area contributed by atoms with Crippen molar-refractivity contribution in [3.05, 3.63) is 48.2 Å². The number of benzene rings is 1. The number of nitrogens with zero attached hydrogens (tertiary/aromatic N) is 2. The number of carbonyl (C=O) groups excluding carboxylic acids is 1. The number of rotatable bonds is 9. The molecule has 0 saturated carbocycles. The standard InChI is InChI=1S/C20H25F3N4O3/c1-3-27(4-2)18-9-8-15(11-24-18)26-19(29)25-12-16(28)13-30-17-7-5-6-14(10-17)20(21,22)23/h5-11,16,28H,3-4,12-13H2,1-2H3,(H2,25,26,29)/t16-/m1/s1. The van der Waals surface area contributed by atoms with Crippen molar-refractivity contribution in [2.24, 2.45) is 0 Å². The SMILES string of the molecule is CCN(CC)c1ccc(NC(=O)NC[C@@H](O)COc2cccc(C(F)(F)F)c2)cn1. The van der Waals surface area contributed by atoms with Crippen LogP contribution in [0, 0.1) is 0 Å². The molecule has 0 bridgehead atoms. The van der Waals surface area contributed by atoms with E-state index in [4.69, 9.17) is 4.74 Å². The zero-order chi connectivity index (χ0) is 22.1. The highest BCUT2D eigenvalue weighted by Gasteiger charge is 2.30. The van der Waals surface area contributed by atoms with Gasteiger partial charge in [0.1, 0.15) is 24.3 Å². The summed E-state index contributed by atoms with van der Waals surface area (Å²) in [4.78, 5) is 18.3. The minimum absolute atomic E-state index is 0.0207. The highest BCUT2D eigenvalue weighted by molar-refractivity contribution is 5.89. The number of ether oxygens (including phenoxy) is 1. The Labute approximate surface area is 172 Å². The lowest BCUT2D eigenvalue weighted by Crippen LogP contribution is -2.37. The number of hydrogen-bond acceptors (Lipinski definition) is 5. The molecule has 2 rings (SSSR count). The van der Waals surface area contributed by atoms with Crippen LogP contribution in [-0.2, 0) is 6.18 Å². The van der Waals surface area contributed by atoms with E-state index in [0.29, 0.717) is 5.69 Å². The molecule has 0 unspecified atom stereocenters. The summed E-state index contributed by atoms with van der Waals surface area (Å²) >= 11 is 0. The summed E-state index contributed by atoms with van der Waals surface area (Å²) < 4.78 is 43.2. The van der Waals surface area contributed by atoms with Gasteiger partial charge in [0.2, 0.25) is 0 Å². The minimum Gasteiger partial charge on any atom is -0.491 e. The largest absolute Gasteiger partial charge is 0.491 e. The molecule has 1 aromatic heterocycles.